The molecule has 0 bridgehead atoms. The van der Waals surface area contributed by atoms with Gasteiger partial charge >= 0.3 is 5.97 Å². The Bertz CT molecular complexity index is 638. The van der Waals surface area contributed by atoms with Crippen molar-refractivity contribution in [2.75, 3.05) is 5.32 Å². The van der Waals surface area contributed by atoms with Crippen molar-refractivity contribution in [1.82, 2.24) is 0 Å². The van der Waals surface area contributed by atoms with Crippen molar-refractivity contribution in [3.63, 3.8) is 0 Å². The molecule has 110 valence electrons. The molecular weight excluding hydrogens is 269 g/mol. The largest absolute Gasteiger partial charge is 0.478 e. The number of benzene rings is 2. The second-order valence-corrected chi connectivity index (χ2v) is 5.21. The third-order valence-corrected chi connectivity index (χ3v) is 3.33. The summed E-state index contributed by atoms with van der Waals surface area (Å²) in [6, 6.07) is 11.8. The highest BCUT2D eigenvalue weighted by Crippen LogP contribution is 2.17. The Hall–Kier alpha value is -2.36. The van der Waals surface area contributed by atoms with Crippen LogP contribution in [-0.4, -0.2) is 17.1 Å². The zero-order chi connectivity index (χ0) is 15.4. The number of carbonyl (C=O) groups is 1. The number of rotatable bonds is 5. The number of carboxylic acids is 1. The van der Waals surface area contributed by atoms with Crippen LogP contribution in [0, 0.1) is 12.7 Å². The first-order valence-corrected chi connectivity index (χ1v) is 6.80. The number of aryl methyl sites for hydroxylation is 1. The van der Waals surface area contributed by atoms with Crippen LogP contribution in [0.25, 0.3) is 0 Å². The number of anilines is 1. The Morgan fingerprint density at radius 1 is 1.24 bits per heavy atom. The molecular formula is C17H18FNO2. The Labute approximate surface area is 123 Å². The molecule has 2 aromatic carbocycles. The second kappa shape index (κ2) is 6.39. The quantitative estimate of drug-likeness (QED) is 0.877. The normalized spacial score (nSPS) is 12.0. The minimum atomic E-state index is -0.918. The molecule has 2 rings (SSSR count). The lowest BCUT2D eigenvalue weighted by molar-refractivity contribution is 0.0696. The highest BCUT2D eigenvalue weighted by Gasteiger charge is 2.09. The molecule has 3 nitrogen and oxygen atoms in total. The van der Waals surface area contributed by atoms with Gasteiger partial charge in [0.1, 0.15) is 5.82 Å². The van der Waals surface area contributed by atoms with E-state index in [-0.39, 0.29) is 11.9 Å². The summed E-state index contributed by atoms with van der Waals surface area (Å²) in [7, 11) is 0. The molecule has 0 amide bonds. The van der Waals surface area contributed by atoms with Crippen LogP contribution in [0.4, 0.5) is 10.1 Å². The maximum absolute atomic E-state index is 12.9. The SMILES string of the molecule is Cc1cc(NC(C)Cc2ccc(F)cc2)ccc1C(=O)O. The maximum atomic E-state index is 12.9. The lowest BCUT2D eigenvalue weighted by Gasteiger charge is -2.16. The molecule has 0 saturated carbocycles. The molecule has 0 radical (unpaired) electrons. The standard InChI is InChI=1S/C17H18FNO2/c1-11-9-15(7-8-16(11)17(20)21)19-12(2)10-13-3-5-14(18)6-4-13/h3-9,12,19H,10H2,1-2H3,(H,20,21). The minimum absolute atomic E-state index is 0.158. The molecule has 1 atom stereocenters. The smallest absolute Gasteiger partial charge is 0.335 e. The van der Waals surface area contributed by atoms with Gasteiger partial charge in [0.15, 0.2) is 0 Å². The molecule has 0 aromatic heterocycles. The van der Waals surface area contributed by atoms with E-state index < -0.39 is 5.97 Å². The molecule has 2 aromatic rings. The monoisotopic (exact) mass is 287 g/mol. The first kappa shape index (κ1) is 15.0. The van der Waals surface area contributed by atoms with Gasteiger partial charge in [0.2, 0.25) is 0 Å². The van der Waals surface area contributed by atoms with Crippen LogP contribution in [0.1, 0.15) is 28.4 Å². The van der Waals surface area contributed by atoms with Crippen molar-refractivity contribution in [1.29, 1.82) is 0 Å². The molecule has 21 heavy (non-hydrogen) atoms. The molecule has 0 fully saturated rings. The highest BCUT2D eigenvalue weighted by atomic mass is 19.1. The molecule has 0 saturated heterocycles. The van der Waals surface area contributed by atoms with Gasteiger partial charge in [0.05, 0.1) is 5.56 Å². The van der Waals surface area contributed by atoms with Gasteiger partial charge in [0, 0.05) is 11.7 Å². The maximum Gasteiger partial charge on any atom is 0.335 e. The molecule has 0 aliphatic rings. The summed E-state index contributed by atoms with van der Waals surface area (Å²) in [5, 5.41) is 12.3. The van der Waals surface area contributed by atoms with Crippen molar-refractivity contribution in [3.8, 4) is 0 Å². The van der Waals surface area contributed by atoms with Crippen LogP contribution in [-0.2, 0) is 6.42 Å². The van der Waals surface area contributed by atoms with Crippen molar-refractivity contribution < 1.29 is 14.3 Å². The van der Waals surface area contributed by atoms with Gasteiger partial charge in [-0.15, -0.1) is 0 Å². The molecule has 0 aliphatic carbocycles. The van der Waals surface area contributed by atoms with Crippen LogP contribution in [0.5, 0.6) is 0 Å². The van der Waals surface area contributed by atoms with E-state index in [1.54, 1.807) is 31.2 Å². The van der Waals surface area contributed by atoms with Gasteiger partial charge in [-0.1, -0.05) is 12.1 Å². The van der Waals surface area contributed by atoms with Gasteiger partial charge in [-0.05, 0) is 61.7 Å². The summed E-state index contributed by atoms with van der Waals surface area (Å²) in [6.45, 7) is 3.81. The van der Waals surface area contributed by atoms with E-state index in [0.717, 1.165) is 23.2 Å². The number of hydrogen-bond acceptors (Lipinski definition) is 2. The van der Waals surface area contributed by atoms with Crippen LogP contribution >= 0.6 is 0 Å². The van der Waals surface area contributed by atoms with Crippen molar-refractivity contribution in [2.24, 2.45) is 0 Å². The predicted octanol–water partition coefficient (Wildman–Crippen LogP) is 3.88. The van der Waals surface area contributed by atoms with Gasteiger partial charge in [-0.3, -0.25) is 0 Å². The van der Waals surface area contributed by atoms with Gasteiger partial charge < -0.3 is 10.4 Å². The molecule has 1 unspecified atom stereocenters. The lowest BCUT2D eigenvalue weighted by Crippen LogP contribution is -2.18. The molecule has 2 N–H and O–H groups in total. The van der Waals surface area contributed by atoms with Crippen molar-refractivity contribution in [3.05, 3.63) is 65.0 Å². The zero-order valence-corrected chi connectivity index (χ0v) is 12.1. The van der Waals surface area contributed by atoms with E-state index in [1.807, 2.05) is 13.0 Å². The van der Waals surface area contributed by atoms with Crippen LogP contribution < -0.4 is 5.32 Å². The lowest BCUT2D eigenvalue weighted by atomic mass is 10.1. The third-order valence-electron chi connectivity index (χ3n) is 3.33. The van der Waals surface area contributed by atoms with Crippen LogP contribution in [0.3, 0.4) is 0 Å². The van der Waals surface area contributed by atoms with Gasteiger partial charge in [-0.2, -0.15) is 0 Å². The number of carboxylic acid groups (broad SMARTS) is 1. The minimum Gasteiger partial charge on any atom is -0.478 e. The summed E-state index contributed by atoms with van der Waals surface area (Å²) < 4.78 is 12.9. The Balaban J connectivity index is 2.02. The van der Waals surface area contributed by atoms with E-state index in [9.17, 15) is 9.18 Å². The average Bonchev–Trinajstić information content (AvgIpc) is 2.41. The Kier molecular flexibility index (Phi) is 4.58. The third kappa shape index (κ3) is 4.05. The van der Waals surface area contributed by atoms with E-state index >= 15 is 0 Å². The fourth-order valence-corrected chi connectivity index (χ4v) is 2.30. The number of hydrogen-bond donors (Lipinski definition) is 2. The van der Waals surface area contributed by atoms with Gasteiger partial charge in [-0.25, -0.2) is 9.18 Å². The van der Waals surface area contributed by atoms with E-state index in [4.69, 9.17) is 5.11 Å². The molecule has 0 heterocycles. The number of halogens is 1. The van der Waals surface area contributed by atoms with E-state index in [0.29, 0.717) is 5.56 Å². The molecule has 0 aliphatic heterocycles. The van der Waals surface area contributed by atoms with E-state index in [2.05, 4.69) is 5.32 Å². The van der Waals surface area contributed by atoms with Crippen molar-refractivity contribution >= 4 is 11.7 Å². The summed E-state index contributed by atoms with van der Waals surface area (Å²) in [4.78, 5) is 11.0. The summed E-state index contributed by atoms with van der Waals surface area (Å²) in [5.41, 5.74) is 2.97. The highest BCUT2D eigenvalue weighted by molar-refractivity contribution is 5.89. The Morgan fingerprint density at radius 2 is 1.90 bits per heavy atom. The van der Waals surface area contributed by atoms with Gasteiger partial charge in [0.25, 0.3) is 0 Å². The molecule has 4 heteroatoms. The number of nitrogens with one attached hydrogen (secondary N) is 1. The van der Waals surface area contributed by atoms with E-state index in [1.165, 1.54) is 12.1 Å². The van der Waals surface area contributed by atoms with Crippen LogP contribution in [0.2, 0.25) is 0 Å². The molecule has 0 spiro atoms. The van der Waals surface area contributed by atoms with Crippen LogP contribution in [0.15, 0.2) is 42.5 Å². The second-order valence-electron chi connectivity index (χ2n) is 5.21. The fraction of sp³-hybridized carbons (Fsp3) is 0.235. The fourth-order valence-electron chi connectivity index (χ4n) is 2.30. The summed E-state index contributed by atoms with van der Waals surface area (Å²) in [6.07, 6.45) is 0.764. The first-order chi connectivity index (χ1) is 9.95. The topological polar surface area (TPSA) is 49.3 Å². The zero-order valence-electron chi connectivity index (χ0n) is 12.1. The average molecular weight is 287 g/mol. The Morgan fingerprint density at radius 3 is 2.48 bits per heavy atom. The first-order valence-electron chi connectivity index (χ1n) is 6.80. The summed E-state index contributed by atoms with van der Waals surface area (Å²) in [5.74, 6) is -1.15. The van der Waals surface area contributed by atoms with Crippen molar-refractivity contribution in [2.45, 2.75) is 26.3 Å². The number of aromatic carboxylic acids is 1. The predicted molar refractivity (Wildman–Crippen MR) is 81.3 cm³/mol. The summed E-state index contributed by atoms with van der Waals surface area (Å²) >= 11 is 0.